The fraction of sp³-hybridized carbons (Fsp3) is 0.158. The fourth-order valence-corrected chi connectivity index (χ4v) is 2.82. The summed E-state index contributed by atoms with van der Waals surface area (Å²) in [6.07, 6.45) is 4.55. The molecule has 0 spiro atoms. The lowest BCUT2D eigenvalue weighted by Gasteiger charge is -2.32. The molecule has 1 atom stereocenters. The van der Waals surface area contributed by atoms with Crippen LogP contribution >= 0.6 is 0 Å². The highest BCUT2D eigenvalue weighted by molar-refractivity contribution is 6.06. The van der Waals surface area contributed by atoms with E-state index in [2.05, 4.69) is 0 Å². The summed E-state index contributed by atoms with van der Waals surface area (Å²) >= 11 is 0. The van der Waals surface area contributed by atoms with E-state index in [1.807, 2.05) is 60.7 Å². The average molecular weight is 291 g/mol. The molecule has 3 rings (SSSR count). The first-order valence-corrected chi connectivity index (χ1v) is 7.32. The van der Waals surface area contributed by atoms with Crippen LogP contribution in [0, 0.1) is 0 Å². The molecule has 3 heteroatoms. The lowest BCUT2D eigenvalue weighted by Crippen LogP contribution is -2.47. The Morgan fingerprint density at radius 2 is 1.77 bits per heavy atom. The van der Waals surface area contributed by atoms with Gasteiger partial charge in [0.25, 0.3) is 5.91 Å². The standard InChI is InChI=1S/C19H17NO2/c1-14(21)20-17(12-11-15-7-3-2-4-8-15)13-16-9-5-6-10-18(16)19(20)22/h2-12,17H,13H2,1H3/b12-11+/t17-/m0/s1. The van der Waals surface area contributed by atoms with Crippen LogP contribution in [0.2, 0.25) is 0 Å². The summed E-state index contributed by atoms with van der Waals surface area (Å²) in [6, 6.07) is 17.1. The normalized spacial score (nSPS) is 17.6. The van der Waals surface area contributed by atoms with Gasteiger partial charge in [-0.25, -0.2) is 0 Å². The van der Waals surface area contributed by atoms with Crippen molar-refractivity contribution in [3.05, 3.63) is 77.4 Å². The summed E-state index contributed by atoms with van der Waals surface area (Å²) in [7, 11) is 0. The van der Waals surface area contributed by atoms with Crippen LogP contribution in [-0.4, -0.2) is 22.8 Å². The van der Waals surface area contributed by atoms with Crippen LogP contribution in [0.5, 0.6) is 0 Å². The molecule has 2 amide bonds. The predicted molar refractivity (Wildman–Crippen MR) is 86.3 cm³/mol. The maximum absolute atomic E-state index is 12.6. The first-order valence-electron chi connectivity index (χ1n) is 7.32. The van der Waals surface area contributed by atoms with Gasteiger partial charge in [-0.05, 0) is 23.6 Å². The van der Waals surface area contributed by atoms with Crippen molar-refractivity contribution >= 4 is 17.9 Å². The Hall–Kier alpha value is -2.68. The highest BCUT2D eigenvalue weighted by Gasteiger charge is 2.33. The van der Waals surface area contributed by atoms with Crippen LogP contribution in [0.15, 0.2) is 60.7 Å². The van der Waals surface area contributed by atoms with Gasteiger partial charge < -0.3 is 0 Å². The Bertz CT molecular complexity index is 734. The number of carbonyl (C=O) groups excluding carboxylic acids is 2. The molecule has 110 valence electrons. The number of imide groups is 1. The summed E-state index contributed by atoms with van der Waals surface area (Å²) in [5.74, 6) is -0.431. The molecular formula is C19H17NO2. The SMILES string of the molecule is CC(=O)N1C(=O)c2ccccc2C[C@@H]1/C=C/c1ccccc1. The molecule has 0 bridgehead atoms. The number of fused-ring (bicyclic) bond motifs is 1. The summed E-state index contributed by atoms with van der Waals surface area (Å²) < 4.78 is 0. The van der Waals surface area contributed by atoms with Crippen molar-refractivity contribution in [2.45, 2.75) is 19.4 Å². The van der Waals surface area contributed by atoms with Gasteiger partial charge in [0.15, 0.2) is 0 Å². The Morgan fingerprint density at radius 1 is 1.09 bits per heavy atom. The molecule has 1 aliphatic heterocycles. The van der Waals surface area contributed by atoms with E-state index in [1.165, 1.54) is 11.8 Å². The fourth-order valence-electron chi connectivity index (χ4n) is 2.82. The number of hydrogen-bond acceptors (Lipinski definition) is 2. The van der Waals surface area contributed by atoms with Crippen molar-refractivity contribution in [2.24, 2.45) is 0 Å². The van der Waals surface area contributed by atoms with Gasteiger partial charge in [0.05, 0.1) is 6.04 Å². The van der Waals surface area contributed by atoms with Crippen LogP contribution in [0.1, 0.15) is 28.4 Å². The van der Waals surface area contributed by atoms with Crippen LogP contribution in [0.25, 0.3) is 6.08 Å². The summed E-state index contributed by atoms with van der Waals surface area (Å²) in [5, 5.41) is 0. The van der Waals surface area contributed by atoms with Crippen LogP contribution < -0.4 is 0 Å². The molecule has 0 saturated carbocycles. The Balaban J connectivity index is 1.94. The quantitative estimate of drug-likeness (QED) is 0.851. The lowest BCUT2D eigenvalue weighted by atomic mass is 9.92. The molecule has 22 heavy (non-hydrogen) atoms. The second-order valence-electron chi connectivity index (χ2n) is 5.39. The van der Waals surface area contributed by atoms with E-state index in [1.54, 1.807) is 6.07 Å². The highest BCUT2D eigenvalue weighted by Crippen LogP contribution is 2.24. The predicted octanol–water partition coefficient (Wildman–Crippen LogP) is 3.31. The minimum Gasteiger partial charge on any atom is -0.275 e. The second-order valence-corrected chi connectivity index (χ2v) is 5.39. The third-order valence-corrected chi connectivity index (χ3v) is 3.88. The lowest BCUT2D eigenvalue weighted by molar-refractivity contribution is -0.127. The number of rotatable bonds is 2. The van der Waals surface area contributed by atoms with E-state index >= 15 is 0 Å². The van der Waals surface area contributed by atoms with Crippen LogP contribution in [0.3, 0.4) is 0 Å². The molecule has 0 unspecified atom stereocenters. The number of amides is 2. The summed E-state index contributed by atoms with van der Waals surface area (Å²) in [4.78, 5) is 25.8. The molecule has 0 aliphatic carbocycles. The van der Waals surface area contributed by atoms with Crippen molar-refractivity contribution in [3.8, 4) is 0 Å². The van der Waals surface area contributed by atoms with Crippen LogP contribution in [0.4, 0.5) is 0 Å². The minimum absolute atomic E-state index is 0.211. The molecule has 1 heterocycles. The van der Waals surface area contributed by atoms with Crippen molar-refractivity contribution in [3.63, 3.8) is 0 Å². The maximum Gasteiger partial charge on any atom is 0.261 e. The van der Waals surface area contributed by atoms with Gasteiger partial charge in [0.1, 0.15) is 0 Å². The molecule has 1 aliphatic rings. The Morgan fingerprint density at radius 3 is 2.50 bits per heavy atom. The molecule has 0 saturated heterocycles. The summed E-state index contributed by atoms with van der Waals surface area (Å²) in [6.45, 7) is 1.44. The molecule has 2 aromatic rings. The summed E-state index contributed by atoms with van der Waals surface area (Å²) in [5.41, 5.74) is 2.67. The minimum atomic E-state index is -0.236. The van der Waals surface area contributed by atoms with Gasteiger partial charge in [0, 0.05) is 12.5 Å². The van der Waals surface area contributed by atoms with E-state index in [4.69, 9.17) is 0 Å². The molecule has 0 N–H and O–H groups in total. The van der Waals surface area contributed by atoms with Gasteiger partial charge in [-0.2, -0.15) is 0 Å². The molecular weight excluding hydrogens is 274 g/mol. The van der Waals surface area contributed by atoms with Gasteiger partial charge in [-0.3, -0.25) is 14.5 Å². The number of nitrogens with zero attached hydrogens (tertiary/aromatic N) is 1. The van der Waals surface area contributed by atoms with E-state index < -0.39 is 0 Å². The molecule has 0 aromatic heterocycles. The first-order chi connectivity index (χ1) is 10.7. The van der Waals surface area contributed by atoms with E-state index in [0.29, 0.717) is 12.0 Å². The Labute approximate surface area is 129 Å². The second kappa shape index (κ2) is 5.98. The van der Waals surface area contributed by atoms with Crippen molar-refractivity contribution in [2.75, 3.05) is 0 Å². The molecule has 3 nitrogen and oxygen atoms in total. The smallest absolute Gasteiger partial charge is 0.261 e. The van der Waals surface area contributed by atoms with E-state index in [-0.39, 0.29) is 17.9 Å². The van der Waals surface area contributed by atoms with Gasteiger partial charge in [0.2, 0.25) is 5.91 Å². The maximum atomic E-state index is 12.6. The highest BCUT2D eigenvalue weighted by atomic mass is 16.2. The van der Waals surface area contributed by atoms with Crippen molar-refractivity contribution < 1.29 is 9.59 Å². The first kappa shape index (κ1) is 14.3. The third-order valence-electron chi connectivity index (χ3n) is 3.88. The Kier molecular flexibility index (Phi) is 3.88. The number of carbonyl (C=O) groups is 2. The van der Waals surface area contributed by atoms with Gasteiger partial charge in [-0.1, -0.05) is 60.7 Å². The zero-order valence-electron chi connectivity index (χ0n) is 12.4. The van der Waals surface area contributed by atoms with Crippen molar-refractivity contribution in [1.29, 1.82) is 0 Å². The largest absolute Gasteiger partial charge is 0.275 e. The average Bonchev–Trinajstić information content (AvgIpc) is 2.53. The topological polar surface area (TPSA) is 37.4 Å². The zero-order valence-corrected chi connectivity index (χ0v) is 12.4. The van der Waals surface area contributed by atoms with E-state index in [9.17, 15) is 9.59 Å². The van der Waals surface area contributed by atoms with Gasteiger partial charge >= 0.3 is 0 Å². The molecule has 0 radical (unpaired) electrons. The number of benzene rings is 2. The molecule has 0 fully saturated rings. The monoisotopic (exact) mass is 291 g/mol. The van der Waals surface area contributed by atoms with E-state index in [0.717, 1.165) is 11.1 Å². The third kappa shape index (κ3) is 2.70. The number of hydrogen-bond donors (Lipinski definition) is 0. The zero-order chi connectivity index (χ0) is 15.5. The van der Waals surface area contributed by atoms with Crippen LogP contribution in [-0.2, 0) is 11.2 Å². The van der Waals surface area contributed by atoms with Gasteiger partial charge in [-0.15, -0.1) is 0 Å². The van der Waals surface area contributed by atoms with Crippen molar-refractivity contribution in [1.82, 2.24) is 4.90 Å². The molecule has 2 aromatic carbocycles.